The van der Waals surface area contributed by atoms with Crippen LogP contribution in [0.15, 0.2) is 40.2 Å². The van der Waals surface area contributed by atoms with Crippen LogP contribution < -0.4 is 16.0 Å². The fourth-order valence-electron chi connectivity index (χ4n) is 2.56. The number of benzene rings is 1. The highest BCUT2D eigenvalue weighted by atomic mass is 16.5. The first-order valence-corrected chi connectivity index (χ1v) is 7.36. The molecule has 0 aliphatic rings. The van der Waals surface area contributed by atoms with Gasteiger partial charge in [0.1, 0.15) is 11.3 Å². The van der Waals surface area contributed by atoms with Crippen molar-refractivity contribution in [3.05, 3.63) is 51.4 Å². The van der Waals surface area contributed by atoms with Crippen molar-refractivity contribution in [1.82, 2.24) is 19.1 Å². The molecule has 2 heterocycles. The molecule has 0 spiro atoms. The van der Waals surface area contributed by atoms with Gasteiger partial charge in [-0.2, -0.15) is 0 Å². The summed E-state index contributed by atoms with van der Waals surface area (Å²) >= 11 is 0. The average molecular weight is 314 g/mol. The molecule has 0 atom stereocenters. The maximum Gasteiger partial charge on any atom is 0.337 e. The Hall–Kier alpha value is -2.83. The number of aromatic amines is 1. The fourth-order valence-corrected chi connectivity index (χ4v) is 2.56. The minimum absolute atomic E-state index is 0.166. The topological polar surface area (TPSA) is 81.9 Å². The van der Waals surface area contributed by atoms with Gasteiger partial charge in [0.25, 0.3) is 5.56 Å². The Kier molecular flexibility index (Phi) is 3.77. The number of aromatic nitrogens is 4. The third-order valence-corrected chi connectivity index (χ3v) is 3.57. The van der Waals surface area contributed by atoms with Gasteiger partial charge >= 0.3 is 5.69 Å². The number of fused-ring (bicyclic) bond motifs is 1. The second-order valence-corrected chi connectivity index (χ2v) is 5.73. The molecule has 3 rings (SSSR count). The number of imidazole rings is 1. The molecular formula is C16H18N4O3. The Balaban J connectivity index is 2.37. The van der Waals surface area contributed by atoms with Crippen molar-refractivity contribution in [2.45, 2.75) is 20.4 Å². The van der Waals surface area contributed by atoms with Crippen LogP contribution in [-0.2, 0) is 6.54 Å². The molecule has 0 amide bonds. The van der Waals surface area contributed by atoms with Gasteiger partial charge in [-0.05, 0) is 18.1 Å². The second kappa shape index (κ2) is 5.75. The van der Waals surface area contributed by atoms with Crippen molar-refractivity contribution in [3.63, 3.8) is 0 Å². The third kappa shape index (κ3) is 2.54. The molecule has 1 aromatic carbocycles. The Morgan fingerprint density at radius 3 is 2.78 bits per heavy atom. The third-order valence-electron chi connectivity index (χ3n) is 3.57. The van der Waals surface area contributed by atoms with Gasteiger partial charge in [-0.1, -0.05) is 19.9 Å². The van der Waals surface area contributed by atoms with Gasteiger partial charge in [-0.25, -0.2) is 14.3 Å². The standard InChI is InChI=1S/C16H18N4O3/c1-10(2)8-19-15(21)13-14(18-9-17-13)20(16(19)22)11-5-4-6-12(7-11)23-3/h4-7,9-10H,8H2,1-3H3,(H,17,18). The van der Waals surface area contributed by atoms with E-state index in [1.807, 2.05) is 13.8 Å². The zero-order chi connectivity index (χ0) is 16.6. The van der Waals surface area contributed by atoms with E-state index in [4.69, 9.17) is 4.74 Å². The number of nitrogens with zero attached hydrogens (tertiary/aromatic N) is 3. The van der Waals surface area contributed by atoms with Crippen molar-refractivity contribution in [2.24, 2.45) is 5.92 Å². The monoisotopic (exact) mass is 314 g/mol. The number of hydrogen-bond acceptors (Lipinski definition) is 4. The van der Waals surface area contributed by atoms with E-state index < -0.39 is 5.69 Å². The van der Waals surface area contributed by atoms with E-state index in [1.165, 1.54) is 15.5 Å². The van der Waals surface area contributed by atoms with E-state index in [0.29, 0.717) is 29.1 Å². The van der Waals surface area contributed by atoms with Crippen molar-refractivity contribution < 1.29 is 4.74 Å². The van der Waals surface area contributed by atoms with Crippen molar-refractivity contribution in [2.75, 3.05) is 7.11 Å². The molecule has 0 saturated carbocycles. The van der Waals surface area contributed by atoms with Crippen LogP contribution >= 0.6 is 0 Å². The number of hydrogen-bond donors (Lipinski definition) is 1. The van der Waals surface area contributed by atoms with E-state index in [2.05, 4.69) is 9.97 Å². The minimum atomic E-state index is -0.406. The van der Waals surface area contributed by atoms with Crippen LogP contribution in [0.2, 0.25) is 0 Å². The highest BCUT2D eigenvalue weighted by Crippen LogP contribution is 2.17. The quantitative estimate of drug-likeness (QED) is 0.792. The molecule has 1 N–H and O–H groups in total. The summed E-state index contributed by atoms with van der Waals surface area (Å²) in [7, 11) is 1.56. The Bertz CT molecular complexity index is 965. The fraction of sp³-hybridized carbons (Fsp3) is 0.312. The van der Waals surface area contributed by atoms with Crippen molar-refractivity contribution in [3.8, 4) is 11.4 Å². The van der Waals surface area contributed by atoms with Crippen LogP contribution in [0, 0.1) is 5.92 Å². The Morgan fingerprint density at radius 1 is 1.30 bits per heavy atom. The number of nitrogens with one attached hydrogen (secondary N) is 1. The summed E-state index contributed by atoms with van der Waals surface area (Å²) in [5.41, 5.74) is 0.470. The van der Waals surface area contributed by atoms with Gasteiger partial charge in [0.2, 0.25) is 0 Å². The molecule has 23 heavy (non-hydrogen) atoms. The first kappa shape index (κ1) is 15.1. The van der Waals surface area contributed by atoms with E-state index in [-0.39, 0.29) is 11.5 Å². The number of methoxy groups -OCH3 is 1. The summed E-state index contributed by atoms with van der Waals surface area (Å²) in [4.78, 5) is 32.4. The van der Waals surface area contributed by atoms with Crippen LogP contribution in [-0.4, -0.2) is 26.2 Å². The van der Waals surface area contributed by atoms with Gasteiger partial charge in [0.15, 0.2) is 5.65 Å². The largest absolute Gasteiger partial charge is 0.497 e. The molecule has 0 aliphatic carbocycles. The van der Waals surface area contributed by atoms with E-state index >= 15 is 0 Å². The molecule has 0 aliphatic heterocycles. The summed E-state index contributed by atoms with van der Waals surface area (Å²) < 4.78 is 7.89. The molecule has 7 heteroatoms. The predicted molar refractivity (Wildman–Crippen MR) is 87.3 cm³/mol. The average Bonchev–Trinajstić information content (AvgIpc) is 3.01. The molecule has 0 radical (unpaired) electrons. The molecule has 7 nitrogen and oxygen atoms in total. The van der Waals surface area contributed by atoms with Crippen molar-refractivity contribution >= 4 is 11.2 Å². The van der Waals surface area contributed by atoms with Gasteiger partial charge in [0.05, 0.1) is 19.1 Å². The summed E-state index contributed by atoms with van der Waals surface area (Å²) in [5, 5.41) is 0. The molecule has 3 aromatic rings. The smallest absolute Gasteiger partial charge is 0.337 e. The normalized spacial score (nSPS) is 11.3. The van der Waals surface area contributed by atoms with Gasteiger partial charge in [-0.15, -0.1) is 0 Å². The summed E-state index contributed by atoms with van der Waals surface area (Å²) in [6.45, 7) is 4.26. The first-order chi connectivity index (χ1) is 11.0. The summed E-state index contributed by atoms with van der Waals surface area (Å²) in [6, 6.07) is 7.10. The van der Waals surface area contributed by atoms with Gasteiger partial charge in [-0.3, -0.25) is 9.36 Å². The summed E-state index contributed by atoms with van der Waals surface area (Å²) in [6.07, 6.45) is 1.42. The highest BCUT2D eigenvalue weighted by Gasteiger charge is 2.17. The lowest BCUT2D eigenvalue weighted by molar-refractivity contribution is 0.414. The van der Waals surface area contributed by atoms with E-state index in [0.717, 1.165) is 0 Å². The lowest BCUT2D eigenvalue weighted by atomic mass is 10.2. The Labute approximate surface area is 132 Å². The minimum Gasteiger partial charge on any atom is -0.497 e. The maximum atomic E-state index is 12.9. The van der Waals surface area contributed by atoms with E-state index in [1.54, 1.807) is 31.4 Å². The van der Waals surface area contributed by atoms with E-state index in [9.17, 15) is 9.59 Å². The van der Waals surface area contributed by atoms with Crippen LogP contribution in [0.1, 0.15) is 13.8 Å². The lowest BCUT2D eigenvalue weighted by Gasteiger charge is -2.13. The first-order valence-electron chi connectivity index (χ1n) is 7.36. The molecule has 0 fully saturated rings. The lowest BCUT2D eigenvalue weighted by Crippen LogP contribution is -2.40. The zero-order valence-electron chi connectivity index (χ0n) is 13.2. The van der Waals surface area contributed by atoms with Gasteiger partial charge < -0.3 is 9.72 Å². The molecular weight excluding hydrogens is 296 g/mol. The van der Waals surface area contributed by atoms with Gasteiger partial charge in [0, 0.05) is 12.6 Å². The number of rotatable bonds is 4. The molecule has 120 valence electrons. The van der Waals surface area contributed by atoms with Crippen molar-refractivity contribution in [1.29, 1.82) is 0 Å². The SMILES string of the molecule is COc1cccc(-n2c(=O)n(CC(C)C)c(=O)c3[nH]cnc32)c1. The molecule has 0 bridgehead atoms. The highest BCUT2D eigenvalue weighted by molar-refractivity contribution is 5.71. The maximum absolute atomic E-state index is 12.9. The predicted octanol–water partition coefficient (Wildman–Crippen LogP) is 1.54. The van der Waals surface area contributed by atoms with Crippen LogP contribution in [0.25, 0.3) is 16.9 Å². The Morgan fingerprint density at radius 2 is 2.09 bits per heavy atom. The molecule has 2 aromatic heterocycles. The second-order valence-electron chi connectivity index (χ2n) is 5.73. The molecule has 0 unspecified atom stereocenters. The number of ether oxygens (including phenoxy) is 1. The van der Waals surface area contributed by atoms with Crippen LogP contribution in [0.5, 0.6) is 5.75 Å². The van der Waals surface area contributed by atoms with Crippen LogP contribution in [0.4, 0.5) is 0 Å². The van der Waals surface area contributed by atoms with Crippen LogP contribution in [0.3, 0.4) is 0 Å². The zero-order valence-corrected chi connectivity index (χ0v) is 13.2. The number of H-pyrrole nitrogens is 1. The molecule has 0 saturated heterocycles. The summed E-state index contributed by atoms with van der Waals surface area (Å²) in [5.74, 6) is 0.791.